The molecule has 0 saturated carbocycles. The van der Waals surface area contributed by atoms with Gasteiger partial charge in [0.15, 0.2) is 0 Å². The first-order valence-electron chi connectivity index (χ1n) is 10.9. The van der Waals surface area contributed by atoms with Gasteiger partial charge < -0.3 is 14.4 Å². The van der Waals surface area contributed by atoms with Crippen LogP contribution in [0.3, 0.4) is 0 Å². The van der Waals surface area contributed by atoms with Crippen LogP contribution in [0.5, 0.6) is 5.75 Å². The second-order valence-corrected chi connectivity index (χ2v) is 8.20. The quantitative estimate of drug-likeness (QED) is 0.404. The van der Waals surface area contributed by atoms with E-state index in [0.29, 0.717) is 24.6 Å². The molecule has 0 saturated heterocycles. The van der Waals surface area contributed by atoms with Gasteiger partial charge >= 0.3 is 0 Å². The lowest BCUT2D eigenvalue weighted by Crippen LogP contribution is -2.06. The summed E-state index contributed by atoms with van der Waals surface area (Å²) in [7, 11) is 1.66. The smallest absolute Gasteiger partial charge is 0.145 e. The van der Waals surface area contributed by atoms with Crippen molar-refractivity contribution in [2.75, 3.05) is 13.7 Å². The van der Waals surface area contributed by atoms with Crippen LogP contribution in [0, 0.1) is 12.3 Å². The van der Waals surface area contributed by atoms with Crippen molar-refractivity contribution in [2.45, 2.75) is 32.7 Å². The molecule has 3 aromatic carbocycles. The molecule has 4 nitrogen and oxygen atoms in total. The molecular formula is C28H28N2O2. The third-order valence-electron chi connectivity index (χ3n) is 5.83. The lowest BCUT2D eigenvalue weighted by Gasteiger charge is -2.13. The molecule has 0 atom stereocenters. The molecule has 0 unspecified atom stereocenters. The number of fused-ring (bicyclic) bond motifs is 1. The van der Waals surface area contributed by atoms with Crippen molar-refractivity contribution in [1.82, 2.24) is 9.55 Å². The van der Waals surface area contributed by atoms with E-state index < -0.39 is 0 Å². The third kappa shape index (κ3) is 4.00. The number of aliphatic hydroxyl groups is 1. The first-order chi connectivity index (χ1) is 15.6. The van der Waals surface area contributed by atoms with Gasteiger partial charge in [-0.2, -0.15) is 0 Å². The number of methoxy groups -OCH3 is 1. The van der Waals surface area contributed by atoms with E-state index in [-0.39, 0.29) is 6.61 Å². The second kappa shape index (κ2) is 9.30. The standard InChI is InChI=1S/C28H28N2O2/c1-5-24-23(17-20-9-7-6-8-10-20)18-25(32-4)27-26(24)29-28(30(27)15-16-31)22-13-11-21(12-14-22)19(2)3/h1,6-14,18-19,31H,15-17H2,2-4H3. The molecule has 0 aliphatic carbocycles. The molecule has 0 spiro atoms. The number of rotatable bonds is 7. The van der Waals surface area contributed by atoms with Crippen LogP contribution in [0.4, 0.5) is 0 Å². The van der Waals surface area contributed by atoms with Crippen molar-refractivity contribution in [3.63, 3.8) is 0 Å². The van der Waals surface area contributed by atoms with Gasteiger partial charge in [-0.15, -0.1) is 6.42 Å². The molecule has 4 aromatic rings. The van der Waals surface area contributed by atoms with Crippen LogP contribution >= 0.6 is 0 Å². The summed E-state index contributed by atoms with van der Waals surface area (Å²) in [5.41, 5.74) is 6.73. The minimum absolute atomic E-state index is 0.0111. The predicted octanol–water partition coefficient (Wildman–Crippen LogP) is 5.40. The minimum atomic E-state index is -0.0111. The molecule has 0 amide bonds. The fraction of sp³-hybridized carbons (Fsp3) is 0.250. The maximum atomic E-state index is 9.80. The van der Waals surface area contributed by atoms with Crippen molar-refractivity contribution >= 4 is 11.0 Å². The lowest BCUT2D eigenvalue weighted by molar-refractivity contribution is 0.278. The van der Waals surface area contributed by atoms with E-state index >= 15 is 0 Å². The lowest BCUT2D eigenvalue weighted by atomic mass is 9.98. The van der Waals surface area contributed by atoms with Gasteiger partial charge in [-0.25, -0.2) is 4.98 Å². The molecule has 4 rings (SSSR count). The van der Waals surface area contributed by atoms with Gasteiger partial charge in [-0.3, -0.25) is 0 Å². The van der Waals surface area contributed by atoms with Gasteiger partial charge in [0.25, 0.3) is 0 Å². The summed E-state index contributed by atoms with van der Waals surface area (Å²) in [4.78, 5) is 4.99. The Morgan fingerprint density at radius 1 is 1.09 bits per heavy atom. The van der Waals surface area contributed by atoms with Crippen LogP contribution < -0.4 is 4.74 Å². The molecule has 1 heterocycles. The number of ether oxygens (including phenoxy) is 1. The maximum absolute atomic E-state index is 9.80. The molecule has 162 valence electrons. The maximum Gasteiger partial charge on any atom is 0.145 e. The van der Waals surface area contributed by atoms with Crippen LogP contribution in [0.2, 0.25) is 0 Å². The number of hydrogen-bond donors (Lipinski definition) is 1. The van der Waals surface area contributed by atoms with Crippen LogP contribution in [0.25, 0.3) is 22.4 Å². The van der Waals surface area contributed by atoms with E-state index in [0.717, 1.165) is 33.5 Å². The van der Waals surface area contributed by atoms with E-state index in [1.165, 1.54) is 11.1 Å². The largest absolute Gasteiger partial charge is 0.494 e. The zero-order valence-electron chi connectivity index (χ0n) is 18.8. The third-order valence-corrected chi connectivity index (χ3v) is 5.83. The SMILES string of the molecule is C#Cc1c(Cc2ccccc2)cc(OC)c2c1nc(-c1ccc(C(C)C)cc1)n2CCO. The molecule has 0 bridgehead atoms. The zero-order chi connectivity index (χ0) is 22.7. The fourth-order valence-corrected chi connectivity index (χ4v) is 4.15. The molecule has 0 aliphatic rings. The van der Waals surface area contributed by atoms with E-state index in [4.69, 9.17) is 16.1 Å². The summed E-state index contributed by atoms with van der Waals surface area (Å²) >= 11 is 0. The number of nitrogens with zero attached hydrogens (tertiary/aromatic N) is 2. The monoisotopic (exact) mass is 424 g/mol. The van der Waals surface area contributed by atoms with Crippen LogP contribution in [0.1, 0.15) is 42.0 Å². The highest BCUT2D eigenvalue weighted by molar-refractivity contribution is 5.92. The van der Waals surface area contributed by atoms with E-state index in [1.54, 1.807) is 7.11 Å². The van der Waals surface area contributed by atoms with Crippen LogP contribution in [-0.4, -0.2) is 28.4 Å². The highest BCUT2D eigenvalue weighted by Gasteiger charge is 2.21. The Balaban J connectivity index is 1.94. The number of terminal acetylenes is 1. The van der Waals surface area contributed by atoms with E-state index in [1.807, 2.05) is 28.8 Å². The Kier molecular flexibility index (Phi) is 6.30. The summed E-state index contributed by atoms with van der Waals surface area (Å²) in [5.74, 6) is 4.81. The molecule has 1 aromatic heterocycles. The Hall–Kier alpha value is -3.55. The molecule has 0 fully saturated rings. The van der Waals surface area contributed by atoms with Gasteiger partial charge in [0.1, 0.15) is 22.6 Å². The number of imidazole rings is 1. The summed E-state index contributed by atoms with van der Waals surface area (Å²) in [6.45, 7) is 4.74. The first-order valence-corrected chi connectivity index (χ1v) is 10.9. The van der Waals surface area contributed by atoms with Gasteiger partial charge in [-0.05, 0) is 35.1 Å². The number of aliphatic hydroxyl groups excluding tert-OH is 1. The van der Waals surface area contributed by atoms with Gasteiger partial charge in [0.2, 0.25) is 0 Å². The molecule has 0 radical (unpaired) electrons. The van der Waals surface area contributed by atoms with Gasteiger partial charge in [0, 0.05) is 12.1 Å². The molecule has 0 aliphatic heterocycles. The predicted molar refractivity (Wildman–Crippen MR) is 130 cm³/mol. The first kappa shape index (κ1) is 21.7. The minimum Gasteiger partial charge on any atom is -0.494 e. The van der Waals surface area contributed by atoms with Crippen molar-refractivity contribution in [2.24, 2.45) is 0 Å². The van der Waals surface area contributed by atoms with Gasteiger partial charge in [0.05, 0.1) is 19.3 Å². The topological polar surface area (TPSA) is 47.3 Å². The molecular weight excluding hydrogens is 396 g/mol. The summed E-state index contributed by atoms with van der Waals surface area (Å²) in [6.07, 6.45) is 6.69. The van der Waals surface area contributed by atoms with Crippen molar-refractivity contribution in [3.05, 3.63) is 82.9 Å². The Morgan fingerprint density at radius 2 is 1.81 bits per heavy atom. The number of benzene rings is 3. The van der Waals surface area contributed by atoms with E-state index in [2.05, 4.69) is 56.2 Å². The normalized spacial score (nSPS) is 11.1. The Morgan fingerprint density at radius 3 is 2.41 bits per heavy atom. The number of aromatic nitrogens is 2. The highest BCUT2D eigenvalue weighted by atomic mass is 16.5. The summed E-state index contributed by atoms with van der Waals surface area (Å²) < 4.78 is 7.79. The fourth-order valence-electron chi connectivity index (χ4n) is 4.15. The van der Waals surface area contributed by atoms with Gasteiger partial charge in [-0.1, -0.05) is 74.4 Å². The van der Waals surface area contributed by atoms with Crippen LogP contribution in [0.15, 0.2) is 60.7 Å². The number of hydrogen-bond acceptors (Lipinski definition) is 3. The van der Waals surface area contributed by atoms with Crippen molar-refractivity contribution in [3.8, 4) is 29.5 Å². The van der Waals surface area contributed by atoms with Crippen molar-refractivity contribution < 1.29 is 9.84 Å². The second-order valence-electron chi connectivity index (χ2n) is 8.20. The zero-order valence-corrected chi connectivity index (χ0v) is 18.8. The molecule has 32 heavy (non-hydrogen) atoms. The summed E-state index contributed by atoms with van der Waals surface area (Å²) in [6, 6.07) is 20.6. The highest BCUT2D eigenvalue weighted by Crippen LogP contribution is 2.36. The molecule has 1 N–H and O–H groups in total. The summed E-state index contributed by atoms with van der Waals surface area (Å²) in [5, 5.41) is 9.80. The van der Waals surface area contributed by atoms with E-state index in [9.17, 15) is 5.11 Å². The van der Waals surface area contributed by atoms with Crippen LogP contribution in [-0.2, 0) is 13.0 Å². The molecule has 4 heteroatoms. The Bertz CT molecular complexity index is 1260. The average molecular weight is 425 g/mol. The Labute approximate surface area is 189 Å². The van der Waals surface area contributed by atoms with Crippen molar-refractivity contribution in [1.29, 1.82) is 0 Å². The average Bonchev–Trinajstić information content (AvgIpc) is 3.18.